The monoisotopic (exact) mass is 538 g/mol. The number of aliphatic imine (C=N–C) groups is 1. The van der Waals surface area contributed by atoms with Crippen LogP contribution in [0.25, 0.3) is 0 Å². The van der Waals surface area contributed by atoms with Crippen molar-refractivity contribution in [2.24, 2.45) is 12.0 Å². The third-order valence-corrected chi connectivity index (χ3v) is 4.34. The van der Waals surface area contributed by atoms with Gasteiger partial charge in [0, 0.05) is 56.7 Å². The summed E-state index contributed by atoms with van der Waals surface area (Å²) in [6.45, 7) is 1.54. The molecule has 144 valence electrons. The van der Waals surface area contributed by atoms with Crippen LogP contribution in [0.2, 0.25) is 0 Å². The number of rotatable bonds is 6. The number of hydrogen-bond donors (Lipinski definition) is 1. The summed E-state index contributed by atoms with van der Waals surface area (Å²) in [4.78, 5) is 6.37. The maximum atomic E-state index is 13.7. The van der Waals surface area contributed by atoms with Crippen molar-refractivity contribution in [3.05, 3.63) is 57.6 Å². The second-order valence-electron chi connectivity index (χ2n) is 5.88. The molecule has 0 aliphatic carbocycles. The largest absolute Gasteiger partial charge is 0.380 e. The number of hydrogen-bond acceptors (Lipinski definition) is 2. The van der Waals surface area contributed by atoms with Gasteiger partial charge in [-0.2, -0.15) is 0 Å². The fourth-order valence-corrected chi connectivity index (χ4v) is 3.18. The molecule has 8 heteroatoms. The summed E-state index contributed by atoms with van der Waals surface area (Å²) < 4.78 is 21.9. The van der Waals surface area contributed by atoms with Crippen molar-refractivity contribution in [2.75, 3.05) is 21.2 Å². The van der Waals surface area contributed by atoms with Gasteiger partial charge in [0.15, 0.2) is 5.96 Å². The summed E-state index contributed by atoms with van der Waals surface area (Å²) in [7, 11) is 7.31. The maximum Gasteiger partial charge on any atom is 0.194 e. The van der Waals surface area contributed by atoms with Crippen molar-refractivity contribution >= 4 is 45.9 Å². The fraction of sp³-hybridized carbons (Fsp3) is 0.389. The van der Waals surface area contributed by atoms with Gasteiger partial charge in [-0.1, -0.05) is 6.07 Å². The first-order valence-corrected chi connectivity index (χ1v) is 8.72. The summed E-state index contributed by atoms with van der Waals surface area (Å²) in [6.07, 6.45) is 2.02. The number of aromatic nitrogens is 1. The van der Waals surface area contributed by atoms with Gasteiger partial charge in [0.05, 0.1) is 13.2 Å². The van der Waals surface area contributed by atoms with Gasteiger partial charge in [-0.3, -0.25) is 4.99 Å². The van der Waals surface area contributed by atoms with Crippen molar-refractivity contribution in [2.45, 2.75) is 19.7 Å². The molecule has 0 radical (unpaired) electrons. The molecule has 0 unspecified atom stereocenters. The summed E-state index contributed by atoms with van der Waals surface area (Å²) in [5, 5.41) is 3.31. The highest BCUT2D eigenvalue weighted by molar-refractivity contribution is 14.0. The number of halogens is 3. The summed E-state index contributed by atoms with van der Waals surface area (Å²) in [5.74, 6) is 0.524. The molecule has 0 bridgehead atoms. The molecule has 26 heavy (non-hydrogen) atoms. The Balaban J connectivity index is 0.00000338. The number of methoxy groups -OCH3 is 1. The summed E-state index contributed by atoms with van der Waals surface area (Å²) in [6, 6.07) is 7.14. The molecule has 0 amide bonds. The minimum absolute atomic E-state index is 0. The van der Waals surface area contributed by atoms with E-state index >= 15 is 0 Å². The van der Waals surface area contributed by atoms with Crippen LogP contribution in [-0.2, 0) is 31.5 Å². The Morgan fingerprint density at radius 1 is 1.38 bits per heavy atom. The SMILES string of the molecule is CN=C(NCc1ccc(F)c(COC)c1)N(C)Cc1cc(Br)cn1C.I. The van der Waals surface area contributed by atoms with Gasteiger partial charge in [0.1, 0.15) is 5.82 Å². The molecule has 0 fully saturated rings. The Kier molecular flexibility index (Phi) is 9.59. The molecule has 1 heterocycles. The maximum absolute atomic E-state index is 13.7. The Labute approximate surface area is 179 Å². The first kappa shape index (κ1) is 22.9. The summed E-state index contributed by atoms with van der Waals surface area (Å²) >= 11 is 3.49. The predicted molar refractivity (Wildman–Crippen MR) is 117 cm³/mol. The first-order chi connectivity index (χ1) is 11.9. The van der Waals surface area contributed by atoms with Gasteiger partial charge in [-0.25, -0.2) is 4.39 Å². The third-order valence-electron chi connectivity index (χ3n) is 3.91. The molecule has 0 spiro atoms. The molecule has 1 N–H and O–H groups in total. The van der Waals surface area contributed by atoms with Crippen LogP contribution in [0.15, 0.2) is 39.9 Å². The van der Waals surface area contributed by atoms with Gasteiger partial charge in [-0.05, 0) is 39.7 Å². The van der Waals surface area contributed by atoms with E-state index in [2.05, 4.69) is 36.9 Å². The van der Waals surface area contributed by atoms with E-state index in [0.717, 1.165) is 22.5 Å². The first-order valence-electron chi connectivity index (χ1n) is 7.93. The Hall–Kier alpha value is -1.13. The smallest absolute Gasteiger partial charge is 0.194 e. The quantitative estimate of drug-likeness (QED) is 0.344. The highest BCUT2D eigenvalue weighted by Gasteiger charge is 2.10. The van der Waals surface area contributed by atoms with Gasteiger partial charge in [0.25, 0.3) is 0 Å². The second-order valence-corrected chi connectivity index (χ2v) is 6.79. The van der Waals surface area contributed by atoms with E-state index in [4.69, 9.17) is 4.74 Å². The van der Waals surface area contributed by atoms with Crippen molar-refractivity contribution in [1.29, 1.82) is 0 Å². The van der Waals surface area contributed by atoms with Crippen molar-refractivity contribution in [3.8, 4) is 0 Å². The standard InChI is InChI=1S/C18H24BrFN4O.HI/c1-21-18(24(3)11-16-8-15(19)10-23(16)2)22-9-13-5-6-17(20)14(7-13)12-25-4;/h5-8,10H,9,11-12H2,1-4H3,(H,21,22);1H. The van der Waals surface area contributed by atoms with Crippen LogP contribution in [0.4, 0.5) is 4.39 Å². The number of nitrogens with one attached hydrogen (secondary N) is 1. The lowest BCUT2D eigenvalue weighted by Crippen LogP contribution is -2.38. The average molecular weight is 539 g/mol. The molecule has 1 aromatic carbocycles. The molecule has 0 aliphatic rings. The van der Waals surface area contributed by atoms with E-state index < -0.39 is 0 Å². The minimum atomic E-state index is -0.249. The van der Waals surface area contributed by atoms with Crippen LogP contribution in [-0.4, -0.2) is 36.6 Å². The van der Waals surface area contributed by atoms with E-state index in [-0.39, 0.29) is 36.4 Å². The average Bonchev–Trinajstić information content (AvgIpc) is 2.88. The molecule has 2 rings (SSSR count). The Morgan fingerprint density at radius 3 is 2.69 bits per heavy atom. The van der Waals surface area contributed by atoms with E-state index in [1.165, 1.54) is 11.8 Å². The van der Waals surface area contributed by atoms with E-state index in [1.807, 2.05) is 31.3 Å². The molecular formula is C18H25BrFIN4O. The van der Waals surface area contributed by atoms with Crippen LogP contribution in [0, 0.1) is 5.82 Å². The van der Waals surface area contributed by atoms with Crippen molar-refractivity contribution < 1.29 is 9.13 Å². The minimum Gasteiger partial charge on any atom is -0.380 e. The molecule has 1 aromatic heterocycles. The van der Waals surface area contributed by atoms with Gasteiger partial charge >= 0.3 is 0 Å². The van der Waals surface area contributed by atoms with E-state index in [0.29, 0.717) is 12.1 Å². The Bertz CT molecular complexity index is 751. The fourth-order valence-electron chi connectivity index (χ4n) is 2.61. The number of ether oxygens (including phenoxy) is 1. The van der Waals surface area contributed by atoms with Gasteiger partial charge in [0.2, 0.25) is 0 Å². The van der Waals surface area contributed by atoms with Crippen LogP contribution >= 0.6 is 39.9 Å². The van der Waals surface area contributed by atoms with E-state index in [9.17, 15) is 4.39 Å². The molecule has 0 saturated heterocycles. The molecule has 2 aromatic rings. The van der Waals surface area contributed by atoms with Crippen LogP contribution < -0.4 is 5.32 Å². The predicted octanol–water partition coefficient (Wildman–Crippen LogP) is 3.90. The van der Waals surface area contributed by atoms with E-state index in [1.54, 1.807) is 20.2 Å². The van der Waals surface area contributed by atoms with Crippen molar-refractivity contribution in [1.82, 2.24) is 14.8 Å². The lowest BCUT2D eigenvalue weighted by atomic mass is 10.1. The third kappa shape index (κ3) is 6.24. The zero-order chi connectivity index (χ0) is 18.4. The molecule has 0 aliphatic heterocycles. The number of benzene rings is 1. The van der Waals surface area contributed by atoms with Crippen LogP contribution in [0.5, 0.6) is 0 Å². The molecular weight excluding hydrogens is 514 g/mol. The number of aryl methyl sites for hydroxylation is 1. The Morgan fingerprint density at radius 2 is 2.12 bits per heavy atom. The summed E-state index contributed by atoms with van der Waals surface area (Å²) in [5.41, 5.74) is 2.70. The highest BCUT2D eigenvalue weighted by Crippen LogP contribution is 2.15. The molecule has 5 nitrogen and oxygen atoms in total. The second kappa shape index (κ2) is 10.9. The topological polar surface area (TPSA) is 41.8 Å². The normalized spacial score (nSPS) is 11.2. The lowest BCUT2D eigenvalue weighted by molar-refractivity contribution is 0.181. The lowest BCUT2D eigenvalue weighted by Gasteiger charge is -2.22. The highest BCUT2D eigenvalue weighted by atomic mass is 127. The van der Waals surface area contributed by atoms with Gasteiger partial charge < -0.3 is 19.5 Å². The van der Waals surface area contributed by atoms with Crippen LogP contribution in [0.3, 0.4) is 0 Å². The van der Waals surface area contributed by atoms with Crippen LogP contribution in [0.1, 0.15) is 16.8 Å². The number of nitrogens with zero attached hydrogens (tertiary/aromatic N) is 3. The molecule has 0 atom stereocenters. The van der Waals surface area contributed by atoms with Gasteiger partial charge in [-0.15, -0.1) is 24.0 Å². The molecule has 0 saturated carbocycles. The number of guanidine groups is 1. The zero-order valence-electron chi connectivity index (χ0n) is 15.4. The zero-order valence-corrected chi connectivity index (χ0v) is 19.3. The van der Waals surface area contributed by atoms with Crippen molar-refractivity contribution in [3.63, 3.8) is 0 Å².